The Bertz CT molecular complexity index is 943. The highest BCUT2D eigenvalue weighted by atomic mass is 32.2. The molecule has 2 aromatic rings. The molecule has 7 nitrogen and oxygen atoms in total. The van der Waals surface area contributed by atoms with Crippen molar-refractivity contribution in [3.8, 4) is 0 Å². The minimum Gasteiger partial charge on any atom is -0.356 e. The molecule has 0 radical (unpaired) electrons. The molecule has 1 fully saturated rings. The first-order valence-electron chi connectivity index (χ1n) is 9.16. The maximum Gasteiger partial charge on any atom is 0.416 e. The first kappa shape index (κ1) is 21.3. The lowest BCUT2D eigenvalue weighted by Crippen LogP contribution is -2.29. The molecule has 0 unspecified atom stereocenters. The van der Waals surface area contributed by atoms with Gasteiger partial charge < -0.3 is 10.2 Å². The molecule has 1 saturated heterocycles. The predicted molar refractivity (Wildman–Crippen MR) is 103 cm³/mol. The number of sulfonamides is 1. The van der Waals surface area contributed by atoms with Gasteiger partial charge in [-0.15, -0.1) is 0 Å². The van der Waals surface area contributed by atoms with E-state index in [4.69, 9.17) is 0 Å². The van der Waals surface area contributed by atoms with Gasteiger partial charge in [-0.1, -0.05) is 0 Å². The third-order valence-electron chi connectivity index (χ3n) is 4.46. The minimum absolute atomic E-state index is 0.0275. The highest BCUT2D eigenvalue weighted by Crippen LogP contribution is 2.29. The van der Waals surface area contributed by atoms with Crippen LogP contribution >= 0.6 is 0 Å². The first-order valence-corrected chi connectivity index (χ1v) is 10.6. The van der Waals surface area contributed by atoms with Crippen molar-refractivity contribution in [1.82, 2.24) is 14.7 Å². The molecule has 0 aliphatic carbocycles. The zero-order valence-electron chi connectivity index (χ0n) is 15.8. The summed E-state index contributed by atoms with van der Waals surface area (Å²) in [6.45, 7) is 4.01. The van der Waals surface area contributed by atoms with Crippen LogP contribution in [-0.4, -0.2) is 44.6 Å². The first-order chi connectivity index (χ1) is 13.6. The van der Waals surface area contributed by atoms with E-state index >= 15 is 0 Å². The van der Waals surface area contributed by atoms with E-state index in [1.54, 1.807) is 0 Å². The van der Waals surface area contributed by atoms with Crippen molar-refractivity contribution in [3.63, 3.8) is 0 Å². The number of halogens is 3. The summed E-state index contributed by atoms with van der Waals surface area (Å²) in [4.78, 5) is 10.7. The molecule has 0 saturated carbocycles. The summed E-state index contributed by atoms with van der Waals surface area (Å²) in [5.74, 6) is 1.24. The third-order valence-corrected chi connectivity index (χ3v) is 5.94. The van der Waals surface area contributed by atoms with E-state index in [2.05, 4.69) is 24.9 Å². The molecule has 2 N–H and O–H groups in total. The van der Waals surface area contributed by atoms with Crippen molar-refractivity contribution in [3.05, 3.63) is 41.6 Å². The van der Waals surface area contributed by atoms with Crippen molar-refractivity contribution in [1.29, 1.82) is 0 Å². The van der Waals surface area contributed by atoms with E-state index in [9.17, 15) is 21.6 Å². The number of hydrogen-bond acceptors (Lipinski definition) is 6. The van der Waals surface area contributed by atoms with Gasteiger partial charge in [0.1, 0.15) is 5.82 Å². The minimum atomic E-state index is -4.51. The van der Waals surface area contributed by atoms with Gasteiger partial charge >= 0.3 is 6.18 Å². The van der Waals surface area contributed by atoms with Gasteiger partial charge in [0.05, 0.1) is 10.5 Å². The lowest BCUT2D eigenvalue weighted by Gasteiger charge is -2.17. The zero-order chi connectivity index (χ0) is 21.1. The van der Waals surface area contributed by atoms with Crippen LogP contribution in [0, 0.1) is 6.92 Å². The molecule has 0 atom stereocenters. The number of rotatable bonds is 7. The van der Waals surface area contributed by atoms with Crippen LogP contribution in [-0.2, 0) is 16.2 Å². The van der Waals surface area contributed by atoms with Gasteiger partial charge in [-0.2, -0.15) is 18.2 Å². The Morgan fingerprint density at radius 2 is 1.72 bits per heavy atom. The molecule has 1 aromatic carbocycles. The average molecular weight is 429 g/mol. The number of nitrogens with one attached hydrogen (secondary N) is 2. The van der Waals surface area contributed by atoms with Crippen LogP contribution in [0.5, 0.6) is 0 Å². The van der Waals surface area contributed by atoms with Gasteiger partial charge in [0.2, 0.25) is 16.0 Å². The van der Waals surface area contributed by atoms with Crippen LogP contribution in [0.2, 0.25) is 0 Å². The third kappa shape index (κ3) is 5.57. The molecule has 1 aromatic heterocycles. The van der Waals surface area contributed by atoms with Gasteiger partial charge in [-0.3, -0.25) is 0 Å². The maximum absolute atomic E-state index is 12.6. The average Bonchev–Trinajstić information content (AvgIpc) is 3.19. The Kier molecular flexibility index (Phi) is 6.27. The van der Waals surface area contributed by atoms with Crippen molar-refractivity contribution >= 4 is 21.8 Å². The second-order valence-corrected chi connectivity index (χ2v) is 8.50. The summed E-state index contributed by atoms with van der Waals surface area (Å²) in [7, 11) is -3.91. The zero-order valence-corrected chi connectivity index (χ0v) is 16.6. The predicted octanol–water partition coefficient (Wildman–Crippen LogP) is 2.79. The number of alkyl halides is 3. The van der Waals surface area contributed by atoms with Gasteiger partial charge in [0, 0.05) is 37.9 Å². The highest BCUT2D eigenvalue weighted by Gasteiger charge is 2.30. The Hall–Kier alpha value is -2.40. The second-order valence-electron chi connectivity index (χ2n) is 6.73. The van der Waals surface area contributed by atoms with Gasteiger partial charge in [-0.05, 0) is 44.0 Å². The van der Waals surface area contributed by atoms with Crippen LogP contribution in [0.15, 0.2) is 35.2 Å². The normalized spacial score (nSPS) is 15.0. The highest BCUT2D eigenvalue weighted by molar-refractivity contribution is 7.89. The van der Waals surface area contributed by atoms with E-state index in [-0.39, 0.29) is 18.0 Å². The smallest absolute Gasteiger partial charge is 0.356 e. The fraction of sp³-hybridized carbons (Fsp3) is 0.444. The Balaban J connectivity index is 1.56. The number of nitrogens with zero attached hydrogens (tertiary/aromatic N) is 3. The molecular weight excluding hydrogens is 407 g/mol. The molecule has 0 bridgehead atoms. The summed E-state index contributed by atoms with van der Waals surface area (Å²) < 4.78 is 64.6. The lowest BCUT2D eigenvalue weighted by molar-refractivity contribution is -0.137. The number of benzene rings is 1. The van der Waals surface area contributed by atoms with Crippen LogP contribution in [0.3, 0.4) is 0 Å². The lowest BCUT2D eigenvalue weighted by atomic mass is 10.2. The molecule has 29 heavy (non-hydrogen) atoms. The van der Waals surface area contributed by atoms with Crippen LogP contribution < -0.4 is 14.9 Å². The molecule has 3 rings (SSSR count). The molecule has 158 valence electrons. The molecule has 0 amide bonds. The maximum atomic E-state index is 12.6. The van der Waals surface area contributed by atoms with Crippen molar-refractivity contribution in [2.45, 2.75) is 30.8 Å². The van der Waals surface area contributed by atoms with E-state index in [0.29, 0.717) is 5.95 Å². The summed E-state index contributed by atoms with van der Waals surface area (Å²) in [6.07, 6.45) is -2.27. The number of aromatic nitrogens is 2. The van der Waals surface area contributed by atoms with Crippen molar-refractivity contribution < 1.29 is 21.6 Å². The monoisotopic (exact) mass is 429 g/mol. The van der Waals surface area contributed by atoms with E-state index < -0.39 is 21.8 Å². The van der Waals surface area contributed by atoms with E-state index in [1.165, 1.54) is 0 Å². The summed E-state index contributed by atoms with van der Waals surface area (Å²) in [5.41, 5.74) is -0.0988. The van der Waals surface area contributed by atoms with E-state index in [1.807, 2.05) is 13.0 Å². The summed E-state index contributed by atoms with van der Waals surface area (Å²) in [5, 5.41) is 2.98. The molecule has 2 heterocycles. The topological polar surface area (TPSA) is 87.2 Å². The van der Waals surface area contributed by atoms with Crippen molar-refractivity contribution in [2.24, 2.45) is 0 Å². The quantitative estimate of drug-likeness (QED) is 0.659. The molecule has 0 spiro atoms. The van der Waals surface area contributed by atoms with Crippen LogP contribution in [0.25, 0.3) is 0 Å². The van der Waals surface area contributed by atoms with Gasteiger partial charge in [0.15, 0.2) is 0 Å². The molecule has 1 aliphatic rings. The fourth-order valence-electron chi connectivity index (χ4n) is 3.01. The number of hydrogen-bond donors (Lipinski definition) is 2. The number of anilines is 2. The largest absolute Gasteiger partial charge is 0.416 e. The standard InChI is InChI=1S/C18H22F3N5O2S/c1-13-12-16(26-10-2-3-11-26)25-17(24-13)22-8-9-23-29(27,28)15-6-4-14(5-7-15)18(19,20)21/h4-7,12,23H,2-3,8-11H2,1H3,(H,22,24,25). The van der Waals surface area contributed by atoms with E-state index in [0.717, 1.165) is 61.7 Å². The number of aryl methyl sites for hydroxylation is 1. The Morgan fingerprint density at radius 1 is 1.07 bits per heavy atom. The van der Waals surface area contributed by atoms with Gasteiger partial charge in [-0.25, -0.2) is 18.1 Å². The Labute approximate surface area is 167 Å². The SMILES string of the molecule is Cc1cc(N2CCCC2)nc(NCCNS(=O)(=O)c2ccc(C(F)(F)F)cc2)n1. The molecule has 11 heteroatoms. The van der Waals surface area contributed by atoms with Crippen LogP contribution in [0.4, 0.5) is 24.9 Å². The Morgan fingerprint density at radius 3 is 2.34 bits per heavy atom. The second kappa shape index (κ2) is 8.54. The molecule has 1 aliphatic heterocycles. The summed E-state index contributed by atoms with van der Waals surface area (Å²) in [6, 6.07) is 5.26. The van der Waals surface area contributed by atoms with Gasteiger partial charge in [0.25, 0.3) is 0 Å². The van der Waals surface area contributed by atoms with Crippen LogP contribution in [0.1, 0.15) is 24.1 Å². The molecular formula is C18H22F3N5O2S. The van der Waals surface area contributed by atoms with Crippen molar-refractivity contribution in [2.75, 3.05) is 36.4 Å². The summed E-state index contributed by atoms with van der Waals surface area (Å²) >= 11 is 0. The fourth-order valence-corrected chi connectivity index (χ4v) is 4.04.